The molecule has 0 amide bonds. The van der Waals surface area contributed by atoms with Gasteiger partial charge in [-0.1, -0.05) is 145 Å². The maximum Gasteiger partial charge on any atom is 0.187 e. The average molecular weight is 583 g/mol. The molecule has 0 spiro atoms. The summed E-state index contributed by atoms with van der Waals surface area (Å²) in [6, 6.07) is 0. The fourth-order valence-corrected chi connectivity index (χ4v) is 4.42. The molecule has 0 aromatic carbocycles. The van der Waals surface area contributed by atoms with E-state index in [0.717, 1.165) is 33.4 Å². The molecular formula is C40H54O3. The molecule has 0 aromatic heterocycles. The van der Waals surface area contributed by atoms with Crippen LogP contribution in [0.2, 0.25) is 0 Å². The van der Waals surface area contributed by atoms with Crippen LogP contribution in [-0.2, 0) is 4.79 Å². The first-order valence-electron chi connectivity index (χ1n) is 15.1. The van der Waals surface area contributed by atoms with Crippen molar-refractivity contribution in [3.8, 4) is 0 Å². The molecule has 43 heavy (non-hydrogen) atoms. The third-order valence-electron chi connectivity index (χ3n) is 7.00. The number of aliphatic hydroxyl groups is 2. The number of allylic oxidation sites excluding steroid dienone is 22. The van der Waals surface area contributed by atoms with Crippen LogP contribution in [0.25, 0.3) is 0 Å². The Morgan fingerprint density at radius 1 is 0.744 bits per heavy atom. The molecule has 0 bridgehead atoms. The predicted octanol–water partition coefficient (Wildman–Crippen LogP) is 9.89. The normalized spacial score (nSPS) is 20.6. The topological polar surface area (TPSA) is 57.5 Å². The van der Waals surface area contributed by atoms with E-state index in [1.807, 2.05) is 82.4 Å². The minimum Gasteiger partial charge on any atom is -0.390 e. The van der Waals surface area contributed by atoms with Gasteiger partial charge in [0, 0.05) is 0 Å². The number of carbonyl (C=O) groups is 1. The van der Waals surface area contributed by atoms with E-state index in [1.165, 1.54) is 0 Å². The van der Waals surface area contributed by atoms with Gasteiger partial charge in [-0.15, -0.1) is 0 Å². The lowest BCUT2D eigenvalue weighted by Crippen LogP contribution is -2.35. The van der Waals surface area contributed by atoms with E-state index in [1.54, 1.807) is 6.92 Å². The highest BCUT2D eigenvalue weighted by molar-refractivity contribution is 6.00. The smallest absolute Gasteiger partial charge is 0.187 e. The number of rotatable bonds is 13. The highest BCUT2D eigenvalue weighted by Gasteiger charge is 2.36. The van der Waals surface area contributed by atoms with Gasteiger partial charge >= 0.3 is 0 Å². The molecule has 1 atom stereocenters. The lowest BCUT2D eigenvalue weighted by atomic mass is 9.71. The van der Waals surface area contributed by atoms with Gasteiger partial charge in [-0.25, -0.2) is 0 Å². The molecule has 0 radical (unpaired) electrons. The van der Waals surface area contributed by atoms with E-state index in [9.17, 15) is 15.0 Å². The Bertz CT molecular complexity index is 1330. The lowest BCUT2D eigenvalue weighted by molar-refractivity contribution is -0.125. The van der Waals surface area contributed by atoms with Gasteiger partial charge in [0.1, 0.15) is 6.10 Å². The molecule has 1 aliphatic rings. The Hall–Kier alpha value is -3.53. The number of hydrogen-bond acceptors (Lipinski definition) is 3. The molecule has 1 rings (SSSR count). The molecule has 1 aliphatic carbocycles. The Kier molecular flexibility index (Phi) is 15.9. The van der Waals surface area contributed by atoms with Crippen molar-refractivity contribution < 1.29 is 15.0 Å². The maximum absolute atomic E-state index is 12.2. The van der Waals surface area contributed by atoms with Crippen LogP contribution in [0, 0.1) is 5.41 Å². The molecular weight excluding hydrogens is 528 g/mol. The highest BCUT2D eigenvalue weighted by atomic mass is 16.3. The van der Waals surface area contributed by atoms with Gasteiger partial charge in [-0.2, -0.15) is 0 Å². The molecule has 0 unspecified atom stereocenters. The summed E-state index contributed by atoms with van der Waals surface area (Å²) in [5.74, 6) is -0.168. The zero-order valence-corrected chi connectivity index (χ0v) is 28.1. The second-order valence-corrected chi connectivity index (χ2v) is 12.8. The zero-order chi connectivity index (χ0) is 32.6. The van der Waals surface area contributed by atoms with Gasteiger partial charge in [0.05, 0.1) is 5.60 Å². The molecule has 0 aliphatic heterocycles. The van der Waals surface area contributed by atoms with Crippen molar-refractivity contribution in [1.82, 2.24) is 0 Å². The third kappa shape index (κ3) is 16.0. The van der Waals surface area contributed by atoms with Crippen molar-refractivity contribution in [1.29, 1.82) is 0 Å². The molecule has 0 saturated heterocycles. The quantitative estimate of drug-likeness (QED) is 0.213. The summed E-state index contributed by atoms with van der Waals surface area (Å²) in [7, 11) is 0. The van der Waals surface area contributed by atoms with E-state index in [2.05, 4.69) is 83.2 Å². The van der Waals surface area contributed by atoms with Crippen molar-refractivity contribution in [2.75, 3.05) is 0 Å². The van der Waals surface area contributed by atoms with E-state index in [0.29, 0.717) is 18.4 Å². The van der Waals surface area contributed by atoms with Crippen LogP contribution in [0.5, 0.6) is 0 Å². The highest BCUT2D eigenvalue weighted by Crippen LogP contribution is 2.39. The Labute approximate surface area is 261 Å². The van der Waals surface area contributed by atoms with Crippen LogP contribution in [0.3, 0.4) is 0 Å². The molecule has 3 nitrogen and oxygen atoms in total. The van der Waals surface area contributed by atoms with Crippen molar-refractivity contribution in [3.63, 3.8) is 0 Å². The minimum atomic E-state index is -0.899. The van der Waals surface area contributed by atoms with Crippen molar-refractivity contribution in [2.24, 2.45) is 5.41 Å². The van der Waals surface area contributed by atoms with Crippen LogP contribution in [0.15, 0.2) is 142 Å². The molecule has 0 aromatic rings. The molecule has 0 heterocycles. The number of hydrogen-bond donors (Lipinski definition) is 2. The van der Waals surface area contributed by atoms with Crippen LogP contribution in [0.4, 0.5) is 0 Å². The van der Waals surface area contributed by atoms with Gasteiger partial charge in [-0.3, -0.25) is 4.79 Å². The average Bonchev–Trinajstić information content (AvgIpc) is 2.88. The number of aliphatic hydroxyl groups excluding tert-OH is 1. The predicted molar refractivity (Wildman–Crippen MR) is 187 cm³/mol. The van der Waals surface area contributed by atoms with Crippen LogP contribution in [-0.4, -0.2) is 27.7 Å². The summed E-state index contributed by atoms with van der Waals surface area (Å²) < 4.78 is 0. The summed E-state index contributed by atoms with van der Waals surface area (Å²) in [6.45, 7) is 19.9. The van der Waals surface area contributed by atoms with Crippen molar-refractivity contribution in [2.45, 2.75) is 93.8 Å². The van der Waals surface area contributed by atoms with Crippen LogP contribution in [0.1, 0.15) is 82.1 Å². The fraction of sp³-hybridized carbons (Fsp3) is 0.375. The van der Waals surface area contributed by atoms with Gasteiger partial charge in [-0.05, 0) is 84.8 Å². The second-order valence-electron chi connectivity index (χ2n) is 12.8. The minimum absolute atomic E-state index is 0.168. The van der Waals surface area contributed by atoms with Crippen molar-refractivity contribution >= 4 is 5.78 Å². The Morgan fingerprint density at radius 2 is 1.14 bits per heavy atom. The molecule has 0 fully saturated rings. The van der Waals surface area contributed by atoms with E-state index >= 15 is 0 Å². The largest absolute Gasteiger partial charge is 0.390 e. The standard InChI is InChI=1S/C40H54O3/c1-30(19-13-21-32(3)22-14-23-33(4)25-16-28-40(9,10)43)17-11-12-18-31(2)20-15-24-34(5)26-27-36-35(6)38(42)37(41)29-39(36,7)8/h11-27,37,41,43H,28-29H2,1-10H3/b12-11+,19-13+,20-15+,22-14+,25-16+,27-26+,30-17+,31-18+,32-21+,33-23+,34-24+/t37-/m1/s1. The number of carbonyl (C=O) groups excluding carboxylic acids is 1. The summed E-state index contributed by atoms with van der Waals surface area (Å²) in [4.78, 5) is 12.2. The Morgan fingerprint density at radius 3 is 1.58 bits per heavy atom. The third-order valence-corrected chi connectivity index (χ3v) is 7.00. The summed E-state index contributed by atoms with van der Waals surface area (Å²) >= 11 is 0. The summed E-state index contributed by atoms with van der Waals surface area (Å²) in [5, 5.41) is 19.8. The molecule has 3 heteroatoms. The number of Topliss-reactive ketones (excluding diaryl/α,β-unsaturated/α-hetero) is 1. The maximum atomic E-state index is 12.2. The van der Waals surface area contributed by atoms with Gasteiger partial charge in [0.2, 0.25) is 0 Å². The van der Waals surface area contributed by atoms with E-state index < -0.39 is 11.7 Å². The van der Waals surface area contributed by atoms with Crippen LogP contribution < -0.4 is 0 Å². The second kappa shape index (κ2) is 18.2. The van der Waals surface area contributed by atoms with Gasteiger partial charge < -0.3 is 10.2 Å². The lowest BCUT2D eigenvalue weighted by Gasteiger charge is -2.34. The summed E-state index contributed by atoms with van der Waals surface area (Å²) in [5.41, 5.74) is 6.42. The fourth-order valence-electron chi connectivity index (χ4n) is 4.42. The summed E-state index contributed by atoms with van der Waals surface area (Å²) in [6.07, 6.45) is 35.0. The SMILES string of the molecule is CC1=C(/C=C/C(C)=C/C=C/C(C)=C/C=C/C=C(C)/C=C/C=C(C)/C=C/C=C(C)/C=C/CC(C)(C)O)C(C)(C)C[C@@H](O)C1=O. The zero-order valence-electron chi connectivity index (χ0n) is 28.1. The van der Waals surface area contributed by atoms with Gasteiger partial charge in [0.15, 0.2) is 5.78 Å². The molecule has 232 valence electrons. The van der Waals surface area contributed by atoms with Crippen molar-refractivity contribution in [3.05, 3.63) is 142 Å². The monoisotopic (exact) mass is 582 g/mol. The Balaban J connectivity index is 2.65. The van der Waals surface area contributed by atoms with E-state index in [-0.39, 0.29) is 11.2 Å². The van der Waals surface area contributed by atoms with E-state index in [4.69, 9.17) is 0 Å². The molecule has 0 saturated carbocycles. The van der Waals surface area contributed by atoms with Crippen LogP contribution >= 0.6 is 0 Å². The first-order valence-corrected chi connectivity index (χ1v) is 15.1. The van der Waals surface area contributed by atoms with Gasteiger partial charge in [0.25, 0.3) is 0 Å². The first kappa shape index (κ1) is 37.5. The first-order chi connectivity index (χ1) is 20.0. The number of ketones is 1. The molecule has 2 N–H and O–H groups in total.